The molecule has 0 aliphatic rings. The van der Waals surface area contributed by atoms with E-state index < -0.39 is 8.07 Å². The molecule has 0 fully saturated rings. The van der Waals surface area contributed by atoms with E-state index in [0.717, 1.165) is 9.26 Å². The zero-order valence-electron chi connectivity index (χ0n) is 10.6. The highest BCUT2D eigenvalue weighted by Crippen LogP contribution is 2.20. The van der Waals surface area contributed by atoms with Crippen LogP contribution in [0.3, 0.4) is 0 Å². The number of hydrogen-bond acceptors (Lipinski definition) is 1. The van der Waals surface area contributed by atoms with Crippen molar-refractivity contribution >= 4 is 30.7 Å². The maximum Gasteiger partial charge on any atom is 0.129 e. The van der Waals surface area contributed by atoms with E-state index in [0.29, 0.717) is 0 Å². The molecule has 0 unspecified atom stereocenters. The molecule has 0 amide bonds. The van der Waals surface area contributed by atoms with Gasteiger partial charge in [0.05, 0.1) is 11.1 Å². The van der Waals surface area contributed by atoms with Crippen LogP contribution in [0.5, 0.6) is 0 Å². The zero-order valence-corrected chi connectivity index (χ0v) is 13.7. The summed E-state index contributed by atoms with van der Waals surface area (Å²) < 4.78 is 1.16. The van der Waals surface area contributed by atoms with Crippen molar-refractivity contribution in [3.05, 3.63) is 27.6 Å². The van der Waals surface area contributed by atoms with Gasteiger partial charge in [0.15, 0.2) is 0 Å². The third kappa shape index (κ3) is 4.26. The van der Waals surface area contributed by atoms with Crippen LogP contribution in [-0.2, 0) is 5.41 Å². The zero-order chi connectivity index (χ0) is 12.4. The molecule has 1 heterocycles. The highest BCUT2D eigenvalue weighted by molar-refractivity contribution is 14.1. The smallest absolute Gasteiger partial charge is 0.129 e. The summed E-state index contributed by atoms with van der Waals surface area (Å²) in [6, 6.07) is 4.15. The Morgan fingerprint density at radius 2 is 1.88 bits per heavy atom. The molecule has 0 spiro atoms. The van der Waals surface area contributed by atoms with Gasteiger partial charge in [-0.05, 0) is 48.6 Å². The third-order valence-corrected chi connectivity index (χ3v) is 3.63. The van der Waals surface area contributed by atoms with Gasteiger partial charge in [0.2, 0.25) is 0 Å². The van der Waals surface area contributed by atoms with Crippen LogP contribution in [0.25, 0.3) is 0 Å². The first-order chi connectivity index (χ1) is 7.21. The Hall–Kier alpha value is -0.343. The van der Waals surface area contributed by atoms with Crippen molar-refractivity contribution in [3.8, 4) is 11.5 Å². The highest BCUT2D eigenvalue weighted by Gasteiger charge is 2.20. The maximum atomic E-state index is 4.46. The molecule has 0 aromatic carbocycles. The van der Waals surface area contributed by atoms with E-state index in [9.17, 15) is 0 Å². The van der Waals surface area contributed by atoms with Crippen LogP contribution in [0.4, 0.5) is 0 Å². The number of hydrogen-bond donors (Lipinski definition) is 0. The van der Waals surface area contributed by atoms with Gasteiger partial charge in [-0.1, -0.05) is 25.6 Å². The Kier molecular flexibility index (Phi) is 4.19. The molecule has 3 heteroatoms. The largest absolute Gasteiger partial charge is 0.259 e. The Labute approximate surface area is 113 Å². The lowest BCUT2D eigenvalue weighted by molar-refractivity contribution is 0.669. The molecule has 0 radical (unpaired) electrons. The lowest BCUT2D eigenvalue weighted by Gasteiger charge is -2.18. The van der Waals surface area contributed by atoms with Crippen LogP contribution in [0.15, 0.2) is 18.3 Å². The minimum atomic E-state index is -1.30. The Balaban J connectivity index is 3.01. The van der Waals surface area contributed by atoms with Crippen LogP contribution in [0.2, 0.25) is 19.6 Å². The summed E-state index contributed by atoms with van der Waals surface area (Å²) in [6.45, 7) is 11.1. The van der Waals surface area contributed by atoms with Crippen molar-refractivity contribution in [2.45, 2.75) is 38.9 Å². The van der Waals surface area contributed by atoms with E-state index in [1.54, 1.807) is 0 Å². The number of pyridine rings is 1. The second-order valence-corrected chi connectivity index (χ2v) is 11.5. The number of nitrogens with zero attached hydrogens (tertiary/aromatic N) is 1. The summed E-state index contributed by atoms with van der Waals surface area (Å²) in [5.41, 5.74) is 4.33. The molecule has 86 valence electrons. The summed E-state index contributed by atoms with van der Waals surface area (Å²) in [7, 11) is -1.30. The summed E-state index contributed by atoms with van der Waals surface area (Å²) in [5.74, 6) is 3.38. The van der Waals surface area contributed by atoms with Crippen LogP contribution in [0, 0.1) is 15.0 Å². The minimum absolute atomic E-state index is 0.148. The standard InChI is InChI=1S/C13H18INSi/c1-13(2,8-9-16(3,4)5)12-7-6-11(14)10-15-12/h6-7,10H,1-5H3. The van der Waals surface area contributed by atoms with Crippen molar-refractivity contribution in [1.82, 2.24) is 4.98 Å². The predicted molar refractivity (Wildman–Crippen MR) is 81.1 cm³/mol. The number of aromatic nitrogens is 1. The van der Waals surface area contributed by atoms with E-state index in [1.165, 1.54) is 0 Å². The summed E-state index contributed by atoms with van der Waals surface area (Å²) in [6.07, 6.45) is 1.90. The van der Waals surface area contributed by atoms with E-state index in [1.807, 2.05) is 6.20 Å². The monoisotopic (exact) mass is 343 g/mol. The van der Waals surface area contributed by atoms with E-state index in [4.69, 9.17) is 0 Å². The van der Waals surface area contributed by atoms with Crippen molar-refractivity contribution in [3.63, 3.8) is 0 Å². The Morgan fingerprint density at radius 1 is 1.25 bits per heavy atom. The molecule has 1 aromatic rings. The summed E-state index contributed by atoms with van der Waals surface area (Å²) in [4.78, 5) is 4.46. The molecule has 0 bridgehead atoms. The predicted octanol–water partition coefficient (Wildman–Crippen LogP) is 3.84. The van der Waals surface area contributed by atoms with Gasteiger partial charge in [-0.25, -0.2) is 0 Å². The lowest BCUT2D eigenvalue weighted by atomic mass is 9.90. The second-order valence-electron chi connectivity index (χ2n) is 5.49. The van der Waals surface area contributed by atoms with Crippen molar-refractivity contribution in [2.75, 3.05) is 0 Å². The van der Waals surface area contributed by atoms with Gasteiger partial charge >= 0.3 is 0 Å². The molecule has 0 saturated heterocycles. The first kappa shape index (κ1) is 13.7. The SMILES string of the molecule is CC(C)(C#C[Si](C)(C)C)c1ccc(I)cn1. The quantitative estimate of drug-likeness (QED) is 0.429. The van der Waals surface area contributed by atoms with Crippen molar-refractivity contribution in [2.24, 2.45) is 0 Å². The molecule has 1 nitrogen and oxygen atoms in total. The Bertz CT molecular complexity index is 418. The maximum absolute atomic E-state index is 4.46. The second kappa shape index (κ2) is 4.88. The molecule has 0 aliphatic heterocycles. The topological polar surface area (TPSA) is 12.9 Å². The van der Waals surface area contributed by atoms with Gasteiger partial charge in [0, 0.05) is 9.77 Å². The summed E-state index contributed by atoms with van der Waals surface area (Å²) >= 11 is 2.27. The van der Waals surface area contributed by atoms with Gasteiger partial charge < -0.3 is 0 Å². The molecule has 1 rings (SSSR count). The lowest BCUT2D eigenvalue weighted by Crippen LogP contribution is -2.21. The highest BCUT2D eigenvalue weighted by atomic mass is 127. The Morgan fingerprint density at radius 3 is 2.31 bits per heavy atom. The average Bonchev–Trinajstić information content (AvgIpc) is 2.15. The summed E-state index contributed by atoms with van der Waals surface area (Å²) in [5, 5.41) is 0. The molecule has 1 aromatic heterocycles. The van der Waals surface area contributed by atoms with Crippen LogP contribution < -0.4 is 0 Å². The fraction of sp³-hybridized carbons (Fsp3) is 0.462. The molecule has 16 heavy (non-hydrogen) atoms. The number of halogens is 1. The average molecular weight is 343 g/mol. The molecule has 0 N–H and O–H groups in total. The first-order valence-electron chi connectivity index (χ1n) is 5.37. The van der Waals surface area contributed by atoms with Gasteiger partial charge in [-0.3, -0.25) is 4.98 Å². The fourth-order valence-electron chi connectivity index (χ4n) is 1.15. The molecule has 0 saturated carbocycles. The van der Waals surface area contributed by atoms with Crippen LogP contribution in [-0.4, -0.2) is 13.1 Å². The minimum Gasteiger partial charge on any atom is -0.259 e. The normalized spacial score (nSPS) is 11.9. The molecular formula is C13H18INSi. The van der Waals surface area contributed by atoms with Crippen molar-refractivity contribution < 1.29 is 0 Å². The van der Waals surface area contributed by atoms with Crippen LogP contribution in [0.1, 0.15) is 19.5 Å². The molecular weight excluding hydrogens is 325 g/mol. The van der Waals surface area contributed by atoms with Gasteiger partial charge in [0.25, 0.3) is 0 Å². The van der Waals surface area contributed by atoms with Gasteiger partial charge in [0.1, 0.15) is 8.07 Å². The number of rotatable bonds is 1. The molecule has 0 aliphatic carbocycles. The fourth-order valence-corrected chi connectivity index (χ4v) is 2.16. The third-order valence-electron chi connectivity index (χ3n) is 2.12. The van der Waals surface area contributed by atoms with E-state index in [2.05, 4.69) is 84.7 Å². The van der Waals surface area contributed by atoms with E-state index >= 15 is 0 Å². The first-order valence-corrected chi connectivity index (χ1v) is 9.95. The van der Waals surface area contributed by atoms with Crippen LogP contribution >= 0.6 is 22.6 Å². The van der Waals surface area contributed by atoms with E-state index in [-0.39, 0.29) is 5.41 Å². The van der Waals surface area contributed by atoms with Gasteiger partial charge in [-0.2, -0.15) is 0 Å². The van der Waals surface area contributed by atoms with Crippen molar-refractivity contribution in [1.29, 1.82) is 0 Å². The van der Waals surface area contributed by atoms with Gasteiger partial charge in [-0.15, -0.1) is 5.54 Å². The molecule has 0 atom stereocenters.